The maximum atomic E-state index is 13.1. The molecular formula is C17H16F3N3O3. The summed E-state index contributed by atoms with van der Waals surface area (Å²) in [7, 11) is 1.54. The molecular weight excluding hydrogens is 351 g/mol. The van der Waals surface area contributed by atoms with Crippen LogP contribution in [0.3, 0.4) is 0 Å². The topological polar surface area (TPSA) is 69.4 Å². The zero-order chi connectivity index (χ0) is 18.7. The van der Waals surface area contributed by atoms with Gasteiger partial charge in [-0.3, -0.25) is 9.67 Å². The third kappa shape index (κ3) is 3.88. The highest BCUT2D eigenvalue weighted by Gasteiger charge is 2.37. The molecule has 2 aromatic heterocycles. The van der Waals surface area contributed by atoms with Gasteiger partial charge in [-0.05, 0) is 30.3 Å². The summed E-state index contributed by atoms with van der Waals surface area (Å²) in [6.45, 7) is -0.243. The fourth-order valence-electron chi connectivity index (χ4n) is 2.49. The molecule has 9 heteroatoms. The minimum absolute atomic E-state index is 0.0971. The van der Waals surface area contributed by atoms with Gasteiger partial charge >= 0.3 is 6.18 Å². The lowest BCUT2D eigenvalue weighted by molar-refractivity contribution is -0.140. The van der Waals surface area contributed by atoms with Crippen molar-refractivity contribution in [3.05, 3.63) is 48.4 Å². The van der Waals surface area contributed by atoms with E-state index in [1.54, 1.807) is 31.4 Å². The van der Waals surface area contributed by atoms with Crippen LogP contribution in [0.5, 0.6) is 11.5 Å². The third-order valence-corrected chi connectivity index (χ3v) is 3.71. The Kier molecular flexibility index (Phi) is 4.99. The fourth-order valence-corrected chi connectivity index (χ4v) is 2.49. The van der Waals surface area contributed by atoms with E-state index in [4.69, 9.17) is 9.47 Å². The number of aromatic nitrogens is 3. The predicted octanol–water partition coefficient (Wildman–Crippen LogP) is 2.90. The number of nitrogens with zero attached hydrogens (tertiary/aromatic N) is 3. The highest BCUT2D eigenvalue weighted by molar-refractivity contribution is 5.81. The first-order chi connectivity index (χ1) is 12.4. The highest BCUT2D eigenvalue weighted by Crippen LogP contribution is 2.33. The van der Waals surface area contributed by atoms with Crippen molar-refractivity contribution in [1.29, 1.82) is 0 Å². The molecule has 0 saturated carbocycles. The monoisotopic (exact) mass is 367 g/mol. The molecule has 1 unspecified atom stereocenters. The van der Waals surface area contributed by atoms with E-state index in [0.717, 1.165) is 10.9 Å². The van der Waals surface area contributed by atoms with Crippen LogP contribution in [0.4, 0.5) is 13.2 Å². The number of pyridine rings is 1. The number of fused-ring (bicyclic) bond motifs is 1. The fraction of sp³-hybridized carbons (Fsp3) is 0.294. The largest absolute Gasteiger partial charge is 0.497 e. The van der Waals surface area contributed by atoms with Gasteiger partial charge in [-0.25, -0.2) is 0 Å². The summed E-state index contributed by atoms with van der Waals surface area (Å²) in [5.41, 5.74) is -0.778. The number of halogens is 3. The normalized spacial score (nSPS) is 13.0. The standard InChI is InChI=1S/C17H16F3N3O3/c1-25-12-2-4-13(5-3-12)26-10-11(24)9-23-15-6-7-21-8-14(15)16(22-23)17(18,19)20/h2-8,11,24H,9-10H2,1H3. The zero-order valence-corrected chi connectivity index (χ0v) is 13.8. The highest BCUT2D eigenvalue weighted by atomic mass is 19.4. The predicted molar refractivity (Wildman–Crippen MR) is 87.0 cm³/mol. The maximum absolute atomic E-state index is 13.1. The lowest BCUT2D eigenvalue weighted by Crippen LogP contribution is -2.24. The molecule has 0 saturated heterocycles. The van der Waals surface area contributed by atoms with Gasteiger partial charge in [0.25, 0.3) is 0 Å². The summed E-state index contributed by atoms with van der Waals surface area (Å²) in [4.78, 5) is 3.72. The van der Waals surface area contributed by atoms with Gasteiger partial charge in [0, 0.05) is 12.4 Å². The molecule has 0 fully saturated rings. The molecule has 6 nitrogen and oxygen atoms in total. The summed E-state index contributed by atoms with van der Waals surface area (Å²) in [6.07, 6.45) is -3.16. The number of rotatable bonds is 6. The second-order valence-corrected chi connectivity index (χ2v) is 5.56. The van der Waals surface area contributed by atoms with Crippen LogP contribution in [-0.2, 0) is 12.7 Å². The van der Waals surface area contributed by atoms with Crippen LogP contribution < -0.4 is 9.47 Å². The van der Waals surface area contributed by atoms with Crippen molar-refractivity contribution in [2.45, 2.75) is 18.8 Å². The van der Waals surface area contributed by atoms with Crippen molar-refractivity contribution in [3.8, 4) is 11.5 Å². The molecule has 0 aliphatic carbocycles. The number of alkyl halides is 3. The minimum atomic E-state index is -4.60. The Morgan fingerprint density at radius 1 is 1.15 bits per heavy atom. The van der Waals surface area contributed by atoms with E-state index in [1.807, 2.05) is 0 Å². The first kappa shape index (κ1) is 18.0. The van der Waals surface area contributed by atoms with Crippen LogP contribution in [0.2, 0.25) is 0 Å². The summed E-state index contributed by atoms with van der Waals surface area (Å²) in [5.74, 6) is 1.17. The second-order valence-electron chi connectivity index (χ2n) is 5.56. The number of benzene rings is 1. The van der Waals surface area contributed by atoms with Crippen LogP contribution in [-0.4, -0.2) is 39.7 Å². The zero-order valence-electron chi connectivity index (χ0n) is 13.8. The number of aliphatic hydroxyl groups excluding tert-OH is 1. The lowest BCUT2D eigenvalue weighted by Gasteiger charge is -2.13. The third-order valence-electron chi connectivity index (χ3n) is 3.71. The van der Waals surface area contributed by atoms with E-state index < -0.39 is 18.0 Å². The quantitative estimate of drug-likeness (QED) is 0.726. The smallest absolute Gasteiger partial charge is 0.435 e. The van der Waals surface area contributed by atoms with Gasteiger partial charge in [0.05, 0.1) is 24.6 Å². The molecule has 1 atom stereocenters. The molecule has 0 amide bonds. The molecule has 3 rings (SSSR count). The number of hydrogen-bond acceptors (Lipinski definition) is 5. The van der Waals surface area contributed by atoms with Crippen molar-refractivity contribution in [2.24, 2.45) is 0 Å². The van der Waals surface area contributed by atoms with Crippen LogP contribution in [0.15, 0.2) is 42.7 Å². The van der Waals surface area contributed by atoms with Crippen LogP contribution in [0.25, 0.3) is 10.9 Å². The Morgan fingerprint density at radius 2 is 1.85 bits per heavy atom. The summed E-state index contributed by atoms with van der Waals surface area (Å²) >= 11 is 0. The summed E-state index contributed by atoms with van der Waals surface area (Å²) < 4.78 is 50.9. The average Bonchev–Trinajstić information content (AvgIpc) is 2.99. The van der Waals surface area contributed by atoms with E-state index >= 15 is 0 Å². The molecule has 0 bridgehead atoms. The molecule has 0 aliphatic rings. The van der Waals surface area contributed by atoms with Gasteiger partial charge in [-0.1, -0.05) is 0 Å². The Balaban J connectivity index is 1.71. The Labute approximate surface area is 146 Å². The van der Waals surface area contributed by atoms with Gasteiger partial charge in [-0.15, -0.1) is 0 Å². The second kappa shape index (κ2) is 7.20. The van der Waals surface area contributed by atoms with Crippen molar-refractivity contribution in [2.75, 3.05) is 13.7 Å². The van der Waals surface area contributed by atoms with E-state index in [1.165, 1.54) is 12.3 Å². The first-order valence-electron chi connectivity index (χ1n) is 7.71. The van der Waals surface area contributed by atoms with E-state index in [-0.39, 0.29) is 24.1 Å². The van der Waals surface area contributed by atoms with Crippen molar-refractivity contribution in [3.63, 3.8) is 0 Å². The molecule has 3 aromatic rings. The van der Waals surface area contributed by atoms with Gasteiger partial charge in [-0.2, -0.15) is 18.3 Å². The Morgan fingerprint density at radius 3 is 2.50 bits per heavy atom. The van der Waals surface area contributed by atoms with Gasteiger partial charge in [0.2, 0.25) is 0 Å². The molecule has 2 heterocycles. The average molecular weight is 367 g/mol. The van der Waals surface area contributed by atoms with Crippen LogP contribution in [0, 0.1) is 0 Å². The maximum Gasteiger partial charge on any atom is 0.435 e. The molecule has 26 heavy (non-hydrogen) atoms. The van der Waals surface area contributed by atoms with Crippen molar-refractivity contribution < 1.29 is 27.8 Å². The first-order valence-corrected chi connectivity index (χ1v) is 7.71. The van der Waals surface area contributed by atoms with E-state index in [2.05, 4.69) is 10.1 Å². The van der Waals surface area contributed by atoms with E-state index in [0.29, 0.717) is 11.5 Å². The summed E-state index contributed by atoms with van der Waals surface area (Å²) in [6, 6.07) is 8.16. The van der Waals surface area contributed by atoms with Crippen LogP contribution in [0.1, 0.15) is 5.69 Å². The van der Waals surface area contributed by atoms with E-state index in [9.17, 15) is 18.3 Å². The molecule has 0 spiro atoms. The van der Waals surface area contributed by atoms with Crippen molar-refractivity contribution >= 4 is 10.9 Å². The number of ether oxygens (including phenoxy) is 2. The number of aliphatic hydroxyl groups is 1. The summed E-state index contributed by atoms with van der Waals surface area (Å²) in [5, 5.41) is 13.6. The van der Waals surface area contributed by atoms with Gasteiger partial charge in [0.15, 0.2) is 5.69 Å². The molecule has 138 valence electrons. The molecule has 1 aromatic carbocycles. The molecule has 0 radical (unpaired) electrons. The van der Waals surface area contributed by atoms with Crippen LogP contribution >= 0.6 is 0 Å². The molecule has 0 aliphatic heterocycles. The Bertz CT molecular complexity index is 878. The van der Waals surface area contributed by atoms with Gasteiger partial charge in [0.1, 0.15) is 24.2 Å². The number of hydrogen-bond donors (Lipinski definition) is 1. The molecule has 1 N–H and O–H groups in total. The minimum Gasteiger partial charge on any atom is -0.497 e. The number of methoxy groups -OCH3 is 1. The lowest BCUT2D eigenvalue weighted by atomic mass is 10.2. The Hall–Kier alpha value is -2.81. The SMILES string of the molecule is COc1ccc(OCC(O)Cn2nc(C(F)(F)F)c3cnccc32)cc1. The van der Waals surface area contributed by atoms with Crippen molar-refractivity contribution in [1.82, 2.24) is 14.8 Å². The van der Waals surface area contributed by atoms with Gasteiger partial charge < -0.3 is 14.6 Å².